The van der Waals surface area contributed by atoms with Crippen molar-refractivity contribution in [3.05, 3.63) is 64.9 Å². The summed E-state index contributed by atoms with van der Waals surface area (Å²) in [4.78, 5) is 19.0. The molecule has 0 atom stereocenters. The molecule has 2 aromatic carbocycles. The number of hydrogen-bond acceptors (Lipinski definition) is 4. The number of rotatable bonds is 4. The molecule has 8 heteroatoms. The Morgan fingerprint density at radius 2 is 2.00 bits per heavy atom. The molecule has 6 nitrogen and oxygen atoms in total. The first kappa shape index (κ1) is 18.7. The topological polar surface area (TPSA) is 79.4 Å². The molecule has 1 aliphatic rings. The maximum Gasteiger partial charge on any atom is 0.258 e. The predicted octanol–water partition coefficient (Wildman–Crippen LogP) is 3.85. The van der Waals surface area contributed by atoms with E-state index in [2.05, 4.69) is 9.71 Å². The van der Waals surface area contributed by atoms with Crippen LogP contribution < -0.4 is 9.62 Å². The van der Waals surface area contributed by atoms with Gasteiger partial charge in [0.1, 0.15) is 0 Å². The highest BCUT2D eigenvalue weighted by molar-refractivity contribution is 7.92. The molecule has 0 bridgehead atoms. The van der Waals surface area contributed by atoms with Crippen molar-refractivity contribution in [1.82, 2.24) is 4.98 Å². The van der Waals surface area contributed by atoms with Gasteiger partial charge in [0.2, 0.25) is 10.0 Å². The van der Waals surface area contributed by atoms with Gasteiger partial charge >= 0.3 is 0 Å². The highest BCUT2D eigenvalue weighted by Gasteiger charge is 2.27. The summed E-state index contributed by atoms with van der Waals surface area (Å²) >= 11 is 6.05. The van der Waals surface area contributed by atoms with Crippen LogP contribution in [-0.4, -0.2) is 31.6 Å². The lowest BCUT2D eigenvalue weighted by Crippen LogP contribution is -2.37. The van der Waals surface area contributed by atoms with Gasteiger partial charge in [0.05, 0.1) is 23.3 Å². The first-order chi connectivity index (χ1) is 13.4. The molecule has 0 fully saturated rings. The van der Waals surface area contributed by atoms with Gasteiger partial charge in [0, 0.05) is 34.1 Å². The van der Waals surface area contributed by atoms with Crippen molar-refractivity contribution in [3.8, 4) is 0 Å². The van der Waals surface area contributed by atoms with Crippen LogP contribution in [0, 0.1) is 0 Å². The number of benzene rings is 2. The highest BCUT2D eigenvalue weighted by atomic mass is 35.5. The second-order valence-electron chi connectivity index (χ2n) is 6.57. The van der Waals surface area contributed by atoms with Crippen LogP contribution in [-0.2, 0) is 16.4 Å². The molecule has 0 aliphatic carbocycles. The van der Waals surface area contributed by atoms with E-state index in [1.165, 1.54) is 0 Å². The van der Waals surface area contributed by atoms with Crippen LogP contribution in [0.3, 0.4) is 0 Å². The zero-order chi connectivity index (χ0) is 19.9. The molecule has 0 unspecified atom stereocenters. The number of fused-ring (bicyclic) bond motifs is 2. The van der Waals surface area contributed by atoms with Gasteiger partial charge in [0.25, 0.3) is 5.91 Å². The molecule has 0 spiro atoms. The normalized spacial score (nSPS) is 14.2. The second kappa shape index (κ2) is 7.07. The van der Waals surface area contributed by atoms with E-state index in [0.717, 1.165) is 10.9 Å². The van der Waals surface area contributed by atoms with Crippen LogP contribution in [0.25, 0.3) is 10.8 Å². The third-order valence-electron chi connectivity index (χ3n) is 4.87. The van der Waals surface area contributed by atoms with Crippen LogP contribution in [0.2, 0.25) is 5.02 Å². The molecule has 1 N–H and O–H groups in total. The lowest BCUT2D eigenvalue weighted by atomic mass is 9.98. The monoisotopic (exact) mass is 415 g/mol. The maximum atomic E-state index is 13.1. The first-order valence-corrected chi connectivity index (χ1v) is 10.9. The van der Waals surface area contributed by atoms with E-state index < -0.39 is 10.0 Å². The predicted molar refractivity (Wildman–Crippen MR) is 112 cm³/mol. The fourth-order valence-electron chi connectivity index (χ4n) is 3.41. The van der Waals surface area contributed by atoms with Crippen molar-refractivity contribution in [2.24, 2.45) is 0 Å². The van der Waals surface area contributed by atoms with Gasteiger partial charge in [-0.15, -0.1) is 0 Å². The second-order valence-corrected chi connectivity index (χ2v) is 9.02. The Balaban J connectivity index is 1.80. The van der Waals surface area contributed by atoms with Crippen molar-refractivity contribution in [2.75, 3.05) is 21.9 Å². The number of halogens is 1. The van der Waals surface area contributed by atoms with E-state index in [9.17, 15) is 13.2 Å². The Bertz CT molecular complexity index is 1190. The number of hydrogen-bond donors (Lipinski definition) is 1. The summed E-state index contributed by atoms with van der Waals surface area (Å²) in [6.45, 7) is 2.07. The number of aromatic nitrogens is 1. The summed E-state index contributed by atoms with van der Waals surface area (Å²) in [5, 5.41) is 2.02. The zero-order valence-corrected chi connectivity index (χ0v) is 16.7. The Morgan fingerprint density at radius 1 is 1.18 bits per heavy atom. The fourth-order valence-corrected chi connectivity index (χ4v) is 4.26. The zero-order valence-electron chi connectivity index (χ0n) is 15.1. The quantitative estimate of drug-likeness (QED) is 0.701. The summed E-state index contributed by atoms with van der Waals surface area (Å²) in [5.41, 5.74) is 2.65. The van der Waals surface area contributed by atoms with Crippen molar-refractivity contribution in [1.29, 1.82) is 0 Å². The van der Waals surface area contributed by atoms with Crippen molar-refractivity contribution in [3.63, 3.8) is 0 Å². The molecule has 144 valence electrons. The van der Waals surface area contributed by atoms with Gasteiger partial charge in [0.15, 0.2) is 0 Å². The van der Waals surface area contributed by atoms with Gasteiger partial charge in [-0.25, -0.2) is 8.42 Å². The molecule has 28 heavy (non-hydrogen) atoms. The smallest absolute Gasteiger partial charge is 0.258 e. The number of nitrogens with zero attached hydrogens (tertiary/aromatic N) is 2. The molecular weight excluding hydrogens is 398 g/mol. The molecule has 1 aliphatic heterocycles. The van der Waals surface area contributed by atoms with Crippen molar-refractivity contribution < 1.29 is 13.2 Å². The summed E-state index contributed by atoms with van der Waals surface area (Å²) < 4.78 is 26.6. The molecule has 0 saturated heterocycles. The third kappa shape index (κ3) is 3.31. The number of amides is 1. The number of pyridine rings is 1. The van der Waals surface area contributed by atoms with Crippen LogP contribution in [0.5, 0.6) is 0 Å². The lowest BCUT2D eigenvalue weighted by molar-refractivity contribution is 0.0981. The molecule has 0 saturated carbocycles. The van der Waals surface area contributed by atoms with E-state index in [-0.39, 0.29) is 11.7 Å². The van der Waals surface area contributed by atoms with E-state index in [1.54, 1.807) is 48.5 Å². The summed E-state index contributed by atoms with van der Waals surface area (Å²) in [7, 11) is -3.43. The van der Waals surface area contributed by atoms with Crippen LogP contribution >= 0.6 is 11.6 Å². The number of sulfonamides is 1. The number of carbonyl (C=O) groups excluding carboxylic acids is 1. The maximum absolute atomic E-state index is 13.1. The van der Waals surface area contributed by atoms with E-state index in [0.29, 0.717) is 40.3 Å². The summed E-state index contributed by atoms with van der Waals surface area (Å²) in [6, 6.07) is 10.6. The van der Waals surface area contributed by atoms with Gasteiger partial charge in [-0.05, 0) is 43.2 Å². The Kier molecular flexibility index (Phi) is 4.72. The van der Waals surface area contributed by atoms with Crippen molar-refractivity contribution >= 4 is 49.7 Å². The molecule has 2 heterocycles. The molecule has 4 rings (SSSR count). The molecule has 0 radical (unpaired) electrons. The lowest BCUT2D eigenvalue weighted by Gasteiger charge is -2.29. The minimum Gasteiger partial charge on any atom is -0.306 e. The first-order valence-electron chi connectivity index (χ1n) is 8.87. The van der Waals surface area contributed by atoms with E-state index in [4.69, 9.17) is 11.6 Å². The Hall–Kier alpha value is -2.64. The van der Waals surface area contributed by atoms with E-state index in [1.807, 2.05) is 12.1 Å². The SMILES string of the molecule is CCS(=O)(=O)Nc1cccc2c(N3CCc4cc(Cl)ccc4C3=O)cncc12. The summed E-state index contributed by atoms with van der Waals surface area (Å²) in [6.07, 6.45) is 3.92. The largest absolute Gasteiger partial charge is 0.306 e. The molecule has 3 aromatic rings. The fraction of sp³-hybridized carbons (Fsp3) is 0.200. The Morgan fingerprint density at radius 3 is 2.79 bits per heavy atom. The minimum atomic E-state index is -3.43. The minimum absolute atomic E-state index is 0.0273. The molecule has 1 aromatic heterocycles. The highest BCUT2D eigenvalue weighted by Crippen LogP contribution is 2.34. The van der Waals surface area contributed by atoms with Crippen LogP contribution in [0.15, 0.2) is 48.8 Å². The van der Waals surface area contributed by atoms with E-state index >= 15 is 0 Å². The molecular formula is C20H18ClN3O3S. The number of carbonyl (C=O) groups is 1. The van der Waals surface area contributed by atoms with Gasteiger partial charge < -0.3 is 4.90 Å². The van der Waals surface area contributed by atoms with Crippen LogP contribution in [0.1, 0.15) is 22.8 Å². The summed E-state index contributed by atoms with van der Waals surface area (Å²) in [5.74, 6) is -0.146. The van der Waals surface area contributed by atoms with Gasteiger partial charge in [-0.2, -0.15) is 0 Å². The number of nitrogens with one attached hydrogen (secondary N) is 1. The third-order valence-corrected chi connectivity index (χ3v) is 6.39. The van der Waals surface area contributed by atoms with Gasteiger partial charge in [-0.3, -0.25) is 14.5 Å². The van der Waals surface area contributed by atoms with Crippen LogP contribution in [0.4, 0.5) is 11.4 Å². The number of anilines is 2. The average molecular weight is 416 g/mol. The Labute approximate surface area is 168 Å². The average Bonchev–Trinajstić information content (AvgIpc) is 2.68. The van der Waals surface area contributed by atoms with Gasteiger partial charge in [-0.1, -0.05) is 23.7 Å². The standard InChI is InChI=1S/C20H18ClN3O3S/c1-2-28(26,27)23-18-5-3-4-16-17(18)11-22-12-19(16)24-9-8-13-10-14(21)6-7-15(13)20(24)25/h3-7,10-12,23H,2,8-9H2,1H3. The molecule has 1 amide bonds. The van der Waals surface area contributed by atoms with Crippen molar-refractivity contribution in [2.45, 2.75) is 13.3 Å².